The molecule has 1 saturated carbocycles. The summed E-state index contributed by atoms with van der Waals surface area (Å²) in [6.07, 6.45) is 4.48. The van der Waals surface area contributed by atoms with Crippen LogP contribution in [-0.2, 0) is 6.61 Å². The summed E-state index contributed by atoms with van der Waals surface area (Å²) in [5.74, 6) is 0.148. The second-order valence-corrected chi connectivity index (χ2v) is 5.77. The number of hydrogen-bond donors (Lipinski definition) is 1. The number of carboxylic acids is 1. The molecule has 0 unspecified atom stereocenters. The van der Waals surface area contributed by atoms with Crippen molar-refractivity contribution < 1.29 is 19.4 Å². The van der Waals surface area contributed by atoms with Gasteiger partial charge in [0.05, 0.1) is 11.7 Å². The van der Waals surface area contributed by atoms with Crippen molar-refractivity contribution in [3.63, 3.8) is 0 Å². The van der Waals surface area contributed by atoms with Crippen LogP contribution in [0.5, 0.6) is 11.5 Å². The average Bonchev–Trinajstić information content (AvgIpc) is 3.07. The third kappa shape index (κ3) is 4.03. The van der Waals surface area contributed by atoms with Crippen LogP contribution < -0.4 is 9.47 Å². The highest BCUT2D eigenvalue weighted by Gasteiger charge is 2.19. The number of rotatable bonds is 6. The third-order valence-electron chi connectivity index (χ3n) is 4.02. The highest BCUT2D eigenvalue weighted by Crippen LogP contribution is 2.33. The van der Waals surface area contributed by atoms with Crippen LogP contribution in [0.2, 0.25) is 0 Å². The van der Waals surface area contributed by atoms with E-state index in [4.69, 9.17) is 9.47 Å². The monoisotopic (exact) mass is 312 g/mol. The number of aromatic carboxylic acids is 1. The van der Waals surface area contributed by atoms with Crippen LogP contribution in [0, 0.1) is 0 Å². The van der Waals surface area contributed by atoms with E-state index < -0.39 is 5.97 Å². The summed E-state index contributed by atoms with van der Waals surface area (Å²) in [4.78, 5) is 11.2. The maximum Gasteiger partial charge on any atom is 0.335 e. The maximum absolute atomic E-state index is 11.2. The molecule has 0 spiro atoms. The van der Waals surface area contributed by atoms with Crippen molar-refractivity contribution in [1.82, 2.24) is 0 Å². The van der Waals surface area contributed by atoms with Gasteiger partial charge in [0.1, 0.15) is 6.61 Å². The van der Waals surface area contributed by atoms with E-state index >= 15 is 0 Å². The van der Waals surface area contributed by atoms with Gasteiger partial charge in [-0.2, -0.15) is 0 Å². The van der Waals surface area contributed by atoms with Crippen molar-refractivity contribution in [2.24, 2.45) is 0 Å². The van der Waals surface area contributed by atoms with E-state index in [0.29, 0.717) is 18.1 Å². The molecule has 120 valence electrons. The molecule has 2 aromatic rings. The molecule has 1 N–H and O–H groups in total. The van der Waals surface area contributed by atoms with E-state index in [1.54, 1.807) is 18.2 Å². The smallest absolute Gasteiger partial charge is 0.335 e. The number of benzene rings is 2. The Hall–Kier alpha value is -2.49. The van der Waals surface area contributed by atoms with Gasteiger partial charge in [0.2, 0.25) is 0 Å². The Morgan fingerprint density at radius 3 is 2.48 bits per heavy atom. The van der Waals surface area contributed by atoms with E-state index in [2.05, 4.69) is 0 Å². The fourth-order valence-corrected chi connectivity index (χ4v) is 2.77. The average molecular weight is 312 g/mol. The predicted molar refractivity (Wildman–Crippen MR) is 87.1 cm³/mol. The summed E-state index contributed by atoms with van der Waals surface area (Å²) in [7, 11) is 0. The molecule has 3 rings (SSSR count). The molecule has 0 bridgehead atoms. The molecule has 0 atom stereocenters. The standard InChI is InChI=1S/C19H20O4/c20-19(21)15-10-11-17(22-13-14-6-2-1-3-7-14)18(12-15)23-16-8-4-5-9-16/h1-3,6-7,10-12,16H,4-5,8-9,13H2,(H,20,21). The van der Waals surface area contributed by atoms with Gasteiger partial charge < -0.3 is 14.6 Å². The number of carboxylic acid groups (broad SMARTS) is 1. The lowest BCUT2D eigenvalue weighted by Gasteiger charge is -2.17. The molecule has 1 fully saturated rings. The zero-order chi connectivity index (χ0) is 16.1. The van der Waals surface area contributed by atoms with E-state index in [1.807, 2.05) is 30.3 Å². The van der Waals surface area contributed by atoms with Gasteiger partial charge in [-0.3, -0.25) is 0 Å². The molecule has 0 heterocycles. The Morgan fingerprint density at radius 2 is 1.78 bits per heavy atom. The maximum atomic E-state index is 11.2. The molecule has 4 heteroatoms. The minimum atomic E-state index is -0.962. The van der Waals surface area contributed by atoms with Gasteiger partial charge in [-0.15, -0.1) is 0 Å². The van der Waals surface area contributed by atoms with Gasteiger partial charge in [0.25, 0.3) is 0 Å². The third-order valence-corrected chi connectivity index (χ3v) is 4.02. The zero-order valence-electron chi connectivity index (χ0n) is 12.9. The fourth-order valence-electron chi connectivity index (χ4n) is 2.77. The van der Waals surface area contributed by atoms with Gasteiger partial charge in [0.15, 0.2) is 11.5 Å². The van der Waals surface area contributed by atoms with Crippen molar-refractivity contribution in [3.8, 4) is 11.5 Å². The van der Waals surface area contributed by atoms with Crippen molar-refractivity contribution in [2.45, 2.75) is 38.4 Å². The van der Waals surface area contributed by atoms with Crippen LogP contribution in [0.15, 0.2) is 48.5 Å². The molecule has 0 aromatic heterocycles. The van der Waals surface area contributed by atoms with Crippen LogP contribution in [0.1, 0.15) is 41.6 Å². The van der Waals surface area contributed by atoms with Crippen molar-refractivity contribution in [3.05, 3.63) is 59.7 Å². The minimum Gasteiger partial charge on any atom is -0.487 e. The molecule has 1 aliphatic rings. The van der Waals surface area contributed by atoms with Crippen LogP contribution >= 0.6 is 0 Å². The normalized spacial score (nSPS) is 14.6. The first-order chi connectivity index (χ1) is 11.2. The van der Waals surface area contributed by atoms with Crippen LogP contribution in [-0.4, -0.2) is 17.2 Å². The van der Waals surface area contributed by atoms with Gasteiger partial charge >= 0.3 is 5.97 Å². The summed E-state index contributed by atoms with van der Waals surface area (Å²) in [6, 6.07) is 14.6. The van der Waals surface area contributed by atoms with Crippen molar-refractivity contribution >= 4 is 5.97 Å². The van der Waals surface area contributed by atoms with E-state index in [0.717, 1.165) is 31.2 Å². The summed E-state index contributed by atoms with van der Waals surface area (Å²) in [5.41, 5.74) is 1.27. The molecule has 1 aliphatic carbocycles. The van der Waals surface area contributed by atoms with Crippen molar-refractivity contribution in [1.29, 1.82) is 0 Å². The SMILES string of the molecule is O=C(O)c1ccc(OCc2ccccc2)c(OC2CCCC2)c1. The van der Waals surface area contributed by atoms with Gasteiger partial charge in [-0.05, 0) is 49.4 Å². The molecule has 0 radical (unpaired) electrons. The number of hydrogen-bond acceptors (Lipinski definition) is 3. The van der Waals surface area contributed by atoms with Crippen LogP contribution in [0.3, 0.4) is 0 Å². The quantitative estimate of drug-likeness (QED) is 0.864. The van der Waals surface area contributed by atoms with Gasteiger partial charge in [0, 0.05) is 0 Å². The topological polar surface area (TPSA) is 55.8 Å². The first-order valence-electron chi connectivity index (χ1n) is 7.93. The molecule has 23 heavy (non-hydrogen) atoms. The van der Waals surface area contributed by atoms with Crippen LogP contribution in [0.25, 0.3) is 0 Å². The Morgan fingerprint density at radius 1 is 1.04 bits per heavy atom. The Balaban J connectivity index is 1.77. The summed E-state index contributed by atoms with van der Waals surface area (Å²) >= 11 is 0. The zero-order valence-corrected chi connectivity index (χ0v) is 12.9. The van der Waals surface area contributed by atoms with E-state index in [9.17, 15) is 9.90 Å². The predicted octanol–water partition coefficient (Wildman–Crippen LogP) is 4.29. The summed E-state index contributed by atoms with van der Waals surface area (Å²) in [6.45, 7) is 0.425. The molecule has 0 aliphatic heterocycles. The lowest BCUT2D eigenvalue weighted by Crippen LogP contribution is -2.12. The number of ether oxygens (including phenoxy) is 2. The Labute approximate surface area is 135 Å². The Bertz CT molecular complexity index is 660. The van der Waals surface area contributed by atoms with Crippen molar-refractivity contribution in [2.75, 3.05) is 0 Å². The highest BCUT2D eigenvalue weighted by atomic mass is 16.5. The Kier molecular flexibility index (Phi) is 4.81. The largest absolute Gasteiger partial charge is 0.487 e. The second kappa shape index (κ2) is 7.18. The lowest BCUT2D eigenvalue weighted by molar-refractivity contribution is 0.0695. The molecule has 0 saturated heterocycles. The first kappa shape index (κ1) is 15.4. The van der Waals surface area contributed by atoms with E-state index in [1.165, 1.54) is 0 Å². The van der Waals surface area contributed by atoms with Gasteiger partial charge in [-0.25, -0.2) is 4.79 Å². The summed E-state index contributed by atoms with van der Waals surface area (Å²) < 4.78 is 11.8. The summed E-state index contributed by atoms with van der Waals surface area (Å²) in [5, 5.41) is 9.17. The van der Waals surface area contributed by atoms with E-state index in [-0.39, 0.29) is 11.7 Å². The van der Waals surface area contributed by atoms with Gasteiger partial charge in [-0.1, -0.05) is 30.3 Å². The highest BCUT2D eigenvalue weighted by molar-refractivity contribution is 5.88. The molecule has 0 amide bonds. The molecular weight excluding hydrogens is 292 g/mol. The first-order valence-corrected chi connectivity index (χ1v) is 7.93. The molecule has 4 nitrogen and oxygen atoms in total. The fraction of sp³-hybridized carbons (Fsp3) is 0.316. The molecule has 2 aromatic carbocycles. The number of carbonyl (C=O) groups is 1. The molecular formula is C19H20O4. The van der Waals surface area contributed by atoms with Crippen LogP contribution in [0.4, 0.5) is 0 Å². The lowest BCUT2D eigenvalue weighted by atomic mass is 10.2. The second-order valence-electron chi connectivity index (χ2n) is 5.77. The minimum absolute atomic E-state index is 0.151.